The lowest BCUT2D eigenvalue weighted by Gasteiger charge is -2.12. The van der Waals surface area contributed by atoms with Crippen LogP contribution in [0.4, 0.5) is 22.7 Å². The first kappa shape index (κ1) is 24.1. The second-order valence-electron chi connectivity index (χ2n) is 7.48. The van der Waals surface area contributed by atoms with Crippen LogP contribution in [-0.4, -0.2) is 24.1 Å². The minimum atomic E-state index is -0.562. The van der Waals surface area contributed by atoms with E-state index >= 15 is 0 Å². The van der Waals surface area contributed by atoms with Gasteiger partial charge in [0.25, 0.3) is 0 Å². The number of esters is 1. The molecule has 0 saturated heterocycles. The summed E-state index contributed by atoms with van der Waals surface area (Å²) in [5.74, 6) is -1.28. The van der Waals surface area contributed by atoms with E-state index in [1.807, 2.05) is 0 Å². The van der Waals surface area contributed by atoms with Gasteiger partial charge in [-0.1, -0.05) is 30.9 Å². The van der Waals surface area contributed by atoms with Gasteiger partial charge >= 0.3 is 5.97 Å². The average molecular weight is 460 g/mol. The van der Waals surface area contributed by atoms with Gasteiger partial charge in [-0.2, -0.15) is 0 Å². The number of para-hydroxylation sites is 1. The molecule has 0 aliphatic heterocycles. The summed E-state index contributed by atoms with van der Waals surface area (Å²) in [6.45, 7) is 5.23. The van der Waals surface area contributed by atoms with E-state index in [2.05, 4.69) is 16.8 Å². The van der Waals surface area contributed by atoms with Crippen molar-refractivity contribution in [3.63, 3.8) is 0 Å². The van der Waals surface area contributed by atoms with Crippen LogP contribution in [0.25, 0.3) is 0 Å². The Morgan fingerprint density at radius 3 is 2.62 bits per heavy atom. The van der Waals surface area contributed by atoms with Crippen LogP contribution in [0, 0.1) is 0 Å². The van der Waals surface area contributed by atoms with E-state index in [4.69, 9.17) is 20.9 Å². The highest BCUT2D eigenvalue weighted by Crippen LogP contribution is 2.33. The molecule has 0 fully saturated rings. The molecule has 0 spiro atoms. The summed E-state index contributed by atoms with van der Waals surface area (Å²) in [5.41, 5.74) is 14.5. The Hall–Kier alpha value is -4.53. The number of allylic oxidation sites excluding steroid dienone is 3. The van der Waals surface area contributed by atoms with Crippen molar-refractivity contribution in [1.29, 1.82) is 0 Å². The van der Waals surface area contributed by atoms with Crippen LogP contribution in [0.1, 0.15) is 18.9 Å². The normalized spacial score (nSPS) is 13.1. The molecule has 0 aromatic heterocycles. The zero-order valence-corrected chi connectivity index (χ0v) is 18.6. The number of benzene rings is 2. The predicted octanol–water partition coefficient (Wildman–Crippen LogP) is 4.29. The quantitative estimate of drug-likeness (QED) is 0.142. The summed E-state index contributed by atoms with van der Waals surface area (Å²) in [6.07, 6.45) is 4.57. The molecule has 0 radical (unpaired) electrons. The number of carbonyl (C=O) groups is 3. The molecule has 1 aliphatic rings. The molecule has 0 unspecified atom stereocenters. The van der Waals surface area contributed by atoms with Gasteiger partial charge in [-0.15, -0.1) is 10.2 Å². The second-order valence-corrected chi connectivity index (χ2v) is 7.48. The van der Waals surface area contributed by atoms with E-state index in [-0.39, 0.29) is 25.2 Å². The number of rotatable bonds is 9. The van der Waals surface area contributed by atoms with Crippen LogP contribution in [0.2, 0.25) is 0 Å². The van der Waals surface area contributed by atoms with Crippen LogP contribution >= 0.6 is 0 Å². The first-order chi connectivity index (χ1) is 16.3. The fraction of sp³-hybridized carbons (Fsp3) is 0.160. The van der Waals surface area contributed by atoms with Crippen LogP contribution in [0.5, 0.6) is 5.75 Å². The molecular weight excluding hydrogens is 436 g/mol. The van der Waals surface area contributed by atoms with Crippen molar-refractivity contribution >= 4 is 40.3 Å². The number of ether oxygens (including phenoxy) is 2. The van der Waals surface area contributed by atoms with E-state index in [1.165, 1.54) is 12.2 Å². The van der Waals surface area contributed by atoms with Gasteiger partial charge in [-0.05, 0) is 42.8 Å². The summed E-state index contributed by atoms with van der Waals surface area (Å²) in [5, 5.41) is 8.40. The van der Waals surface area contributed by atoms with Crippen molar-refractivity contribution in [1.82, 2.24) is 0 Å². The van der Waals surface area contributed by atoms with E-state index in [0.717, 1.165) is 0 Å². The number of Topliss-reactive ketones (excluding diaryl/α,β-unsaturated/α-hetero) is 1. The van der Waals surface area contributed by atoms with Crippen LogP contribution < -0.4 is 16.2 Å². The van der Waals surface area contributed by atoms with Gasteiger partial charge in [0.15, 0.2) is 0 Å². The lowest BCUT2D eigenvalue weighted by atomic mass is 10.00. The maximum atomic E-state index is 12.0. The van der Waals surface area contributed by atoms with Crippen molar-refractivity contribution in [2.45, 2.75) is 20.0 Å². The van der Waals surface area contributed by atoms with Crippen molar-refractivity contribution in [3.8, 4) is 5.75 Å². The van der Waals surface area contributed by atoms with Crippen molar-refractivity contribution in [3.05, 3.63) is 77.9 Å². The predicted molar refractivity (Wildman–Crippen MR) is 128 cm³/mol. The van der Waals surface area contributed by atoms with E-state index in [0.29, 0.717) is 39.6 Å². The van der Waals surface area contributed by atoms with Crippen molar-refractivity contribution in [2.24, 2.45) is 10.2 Å². The zero-order chi connectivity index (χ0) is 24.7. The molecule has 3 rings (SSSR count). The van der Waals surface area contributed by atoms with E-state index in [1.54, 1.807) is 49.4 Å². The van der Waals surface area contributed by atoms with Gasteiger partial charge in [0, 0.05) is 17.6 Å². The standard InChI is InChI=1S/C25H24N4O5/c1-15(2)25(32)34-14-16-9-10-19(28-29-20-7-4-6-18(26)23(20)27)22(13-16)33-12-11-17-5-3-8-21(30)24(17)31/h3-10,13H,1,11-12,14,26-27H2,2H3. The van der Waals surface area contributed by atoms with E-state index < -0.39 is 17.5 Å². The zero-order valence-electron chi connectivity index (χ0n) is 18.6. The SMILES string of the molecule is C=C(C)C(=O)OCc1ccc(N=Nc2cccc(N)c2N)c(OCCC2=CC=CC(=O)C2=O)c1. The molecular formula is C25H24N4O5. The van der Waals surface area contributed by atoms with Gasteiger partial charge in [-0.3, -0.25) is 9.59 Å². The number of nitrogens with zero attached hydrogens (tertiary/aromatic N) is 2. The maximum absolute atomic E-state index is 12.0. The third-order valence-electron chi connectivity index (χ3n) is 4.81. The molecule has 34 heavy (non-hydrogen) atoms. The Labute approximate surface area is 196 Å². The molecule has 2 aromatic carbocycles. The highest BCUT2D eigenvalue weighted by molar-refractivity contribution is 6.48. The lowest BCUT2D eigenvalue weighted by molar-refractivity contribution is -0.140. The summed E-state index contributed by atoms with van der Waals surface area (Å²) in [7, 11) is 0. The Morgan fingerprint density at radius 1 is 1.09 bits per heavy atom. The van der Waals surface area contributed by atoms with Crippen LogP contribution in [0.3, 0.4) is 0 Å². The van der Waals surface area contributed by atoms with Gasteiger partial charge in [0.2, 0.25) is 11.6 Å². The van der Waals surface area contributed by atoms with Gasteiger partial charge in [0.05, 0.1) is 18.0 Å². The molecule has 9 heteroatoms. The third kappa shape index (κ3) is 6.04. The Bertz CT molecular complexity index is 1240. The van der Waals surface area contributed by atoms with Crippen molar-refractivity contribution < 1.29 is 23.9 Å². The topological polar surface area (TPSA) is 146 Å². The molecule has 0 saturated carbocycles. The molecule has 0 bridgehead atoms. The molecule has 1 aliphatic carbocycles. The van der Waals surface area contributed by atoms with E-state index in [9.17, 15) is 14.4 Å². The fourth-order valence-corrected chi connectivity index (χ4v) is 2.91. The molecule has 9 nitrogen and oxygen atoms in total. The molecule has 174 valence electrons. The monoisotopic (exact) mass is 460 g/mol. The number of anilines is 2. The number of nitrogens with two attached hydrogens (primary N) is 2. The number of ketones is 2. The minimum Gasteiger partial charge on any atom is -0.491 e. The summed E-state index contributed by atoms with van der Waals surface area (Å²) in [4.78, 5) is 35.3. The average Bonchev–Trinajstić information content (AvgIpc) is 2.81. The highest BCUT2D eigenvalue weighted by atomic mass is 16.5. The number of carbonyl (C=O) groups excluding carboxylic acids is 3. The Morgan fingerprint density at radius 2 is 1.85 bits per heavy atom. The summed E-state index contributed by atoms with van der Waals surface area (Å²) >= 11 is 0. The highest BCUT2D eigenvalue weighted by Gasteiger charge is 2.19. The largest absolute Gasteiger partial charge is 0.491 e. The third-order valence-corrected chi connectivity index (χ3v) is 4.81. The Kier molecular flexibility index (Phi) is 7.71. The fourth-order valence-electron chi connectivity index (χ4n) is 2.91. The van der Waals surface area contributed by atoms with Crippen LogP contribution in [-0.2, 0) is 25.7 Å². The maximum Gasteiger partial charge on any atom is 0.333 e. The van der Waals surface area contributed by atoms with Crippen molar-refractivity contribution in [2.75, 3.05) is 18.1 Å². The molecule has 4 N–H and O–H groups in total. The Balaban J connectivity index is 1.80. The minimum absolute atomic E-state index is 0.00454. The molecule has 0 atom stereocenters. The van der Waals surface area contributed by atoms with Gasteiger partial charge in [0.1, 0.15) is 23.7 Å². The number of azo groups is 1. The first-order valence-electron chi connectivity index (χ1n) is 10.4. The summed E-state index contributed by atoms with van der Waals surface area (Å²) in [6, 6.07) is 10.1. The van der Waals surface area contributed by atoms with Crippen LogP contribution in [0.15, 0.2) is 82.6 Å². The number of nitrogen functional groups attached to an aromatic ring is 2. The molecule has 0 amide bonds. The second kappa shape index (κ2) is 10.9. The first-order valence-corrected chi connectivity index (χ1v) is 10.4. The molecule has 0 heterocycles. The molecule has 2 aromatic rings. The smallest absolute Gasteiger partial charge is 0.333 e. The van der Waals surface area contributed by atoms with Gasteiger partial charge in [-0.25, -0.2) is 4.79 Å². The van der Waals surface area contributed by atoms with Gasteiger partial charge < -0.3 is 20.9 Å². The summed E-state index contributed by atoms with van der Waals surface area (Å²) < 4.78 is 11.1. The number of hydrogen-bond acceptors (Lipinski definition) is 9. The lowest BCUT2D eigenvalue weighted by Crippen LogP contribution is -2.18. The number of hydrogen-bond donors (Lipinski definition) is 2.